The summed E-state index contributed by atoms with van der Waals surface area (Å²) in [5, 5.41) is 0. The third-order valence-electron chi connectivity index (χ3n) is 4.68. The van der Waals surface area contributed by atoms with Crippen molar-refractivity contribution in [2.45, 2.75) is 39.8 Å². The van der Waals surface area contributed by atoms with E-state index < -0.39 is 0 Å². The van der Waals surface area contributed by atoms with Gasteiger partial charge in [0.1, 0.15) is 0 Å². The van der Waals surface area contributed by atoms with Gasteiger partial charge in [0.2, 0.25) is 0 Å². The van der Waals surface area contributed by atoms with Gasteiger partial charge in [0.15, 0.2) is 0 Å². The molecule has 0 unspecified atom stereocenters. The summed E-state index contributed by atoms with van der Waals surface area (Å²) >= 11 is 0. The van der Waals surface area contributed by atoms with Gasteiger partial charge >= 0.3 is 26.2 Å². The number of allylic oxidation sites excluding steroid dienone is 4. The summed E-state index contributed by atoms with van der Waals surface area (Å²) < 4.78 is 0. The summed E-state index contributed by atoms with van der Waals surface area (Å²) in [6, 6.07) is 16.9. The Balaban J connectivity index is 0.000000980. The first kappa shape index (κ1) is 25.6. The Labute approximate surface area is 192 Å². The number of hydrogen-bond acceptors (Lipinski definition) is 0. The number of hydrogen-bond donors (Lipinski definition) is 0. The molecule has 0 saturated carbocycles. The molecule has 0 nitrogen and oxygen atoms in total. The third-order valence-corrected chi connectivity index (χ3v) is 4.68. The van der Waals surface area contributed by atoms with E-state index in [-0.39, 0.29) is 51.0 Å². The summed E-state index contributed by atoms with van der Waals surface area (Å²) in [6.45, 7) is 8.84. The van der Waals surface area contributed by atoms with Crippen molar-refractivity contribution in [3.05, 3.63) is 76.4 Å². The molecule has 0 heterocycles. The van der Waals surface area contributed by atoms with Gasteiger partial charge in [-0.25, -0.2) is 0 Å². The zero-order valence-electron chi connectivity index (χ0n) is 15.8. The van der Waals surface area contributed by atoms with Crippen LogP contribution in [0.5, 0.6) is 0 Å². The predicted molar refractivity (Wildman–Crippen MR) is 103 cm³/mol. The number of rotatable bonds is 1. The summed E-state index contributed by atoms with van der Waals surface area (Å²) in [4.78, 5) is 0. The van der Waals surface area contributed by atoms with Crippen molar-refractivity contribution in [1.82, 2.24) is 0 Å². The number of fused-ring (bicyclic) bond motifs is 3. The largest absolute Gasteiger partial charge is 3.00 e. The molecule has 134 valence electrons. The molecule has 2 aromatic carbocycles. The molecular formula is C22H24Cl2SiZr. The molecule has 2 aliphatic rings. The van der Waals surface area contributed by atoms with E-state index in [0.717, 1.165) is 22.4 Å². The standard InChI is InChI=1S/C20H17.C2H7Si.2ClH.Zr/c1-13-7-9-18(14(13)2)16-8-10-20-17(12-16)11-15-5-3-4-6-19(15)20;1-3-2;;;/h3-8,10H,9,11H2,1-2H3;3H,1-2H3;2*1H;/q-1;;;;+3/p-2. The molecule has 0 amide bonds. The van der Waals surface area contributed by atoms with E-state index in [1.54, 1.807) is 0 Å². The van der Waals surface area contributed by atoms with E-state index in [2.05, 4.69) is 75.5 Å². The molecule has 2 aliphatic carbocycles. The first-order valence-corrected chi connectivity index (χ1v) is 10.7. The van der Waals surface area contributed by atoms with Crippen LogP contribution in [0.1, 0.15) is 37.0 Å². The molecule has 0 spiro atoms. The molecule has 0 fully saturated rings. The van der Waals surface area contributed by atoms with Crippen LogP contribution in [0, 0.1) is 6.07 Å². The van der Waals surface area contributed by atoms with Gasteiger partial charge in [-0.2, -0.15) is 0 Å². The first-order chi connectivity index (χ1) is 11.2. The monoisotopic (exact) mass is 476 g/mol. The molecule has 0 atom stereocenters. The van der Waals surface area contributed by atoms with Crippen LogP contribution in [0.2, 0.25) is 13.1 Å². The second-order valence-electron chi connectivity index (χ2n) is 6.37. The average Bonchev–Trinajstić information content (AvgIpc) is 3.08. The maximum Gasteiger partial charge on any atom is 3.00 e. The van der Waals surface area contributed by atoms with Gasteiger partial charge in [-0.1, -0.05) is 65.7 Å². The van der Waals surface area contributed by atoms with Crippen molar-refractivity contribution in [2.75, 3.05) is 0 Å². The van der Waals surface area contributed by atoms with Crippen molar-refractivity contribution in [3.8, 4) is 11.1 Å². The Kier molecular flexibility index (Phi) is 11.3. The third kappa shape index (κ3) is 5.10. The SMILES string of the molecule is CC1=CCC(c2[c-]c3c(cc2)-c2ccccc2C3)=C1C.C[SiH]C.[Cl-].[Cl-].[Zr+3]. The fourth-order valence-electron chi connectivity index (χ4n) is 3.35. The molecule has 2 aromatic rings. The van der Waals surface area contributed by atoms with Gasteiger partial charge in [0.25, 0.3) is 0 Å². The number of benzene rings is 2. The molecule has 0 aromatic heterocycles. The van der Waals surface area contributed by atoms with Gasteiger partial charge in [-0.15, -0.1) is 34.9 Å². The zero-order valence-corrected chi connectivity index (χ0v) is 20.9. The minimum absolute atomic E-state index is 0. The molecule has 26 heavy (non-hydrogen) atoms. The Hall–Kier alpha value is -0.400. The van der Waals surface area contributed by atoms with E-state index in [1.807, 2.05) is 0 Å². The van der Waals surface area contributed by atoms with Crippen LogP contribution in [0.25, 0.3) is 16.7 Å². The number of halogens is 2. The van der Waals surface area contributed by atoms with E-state index >= 15 is 0 Å². The van der Waals surface area contributed by atoms with Crippen LogP contribution in [0.4, 0.5) is 0 Å². The van der Waals surface area contributed by atoms with Crippen LogP contribution < -0.4 is 24.8 Å². The maximum atomic E-state index is 3.67. The topological polar surface area (TPSA) is 0 Å². The molecule has 0 aliphatic heterocycles. The average molecular weight is 479 g/mol. The summed E-state index contributed by atoms with van der Waals surface area (Å²) in [7, 11) is 0.750. The normalized spacial score (nSPS) is 13.2. The van der Waals surface area contributed by atoms with Gasteiger partial charge in [-0.3, -0.25) is 0 Å². The minimum Gasteiger partial charge on any atom is -1.00 e. The van der Waals surface area contributed by atoms with Crippen molar-refractivity contribution in [1.29, 1.82) is 0 Å². The van der Waals surface area contributed by atoms with Crippen LogP contribution >= 0.6 is 0 Å². The van der Waals surface area contributed by atoms with Crippen molar-refractivity contribution >= 4 is 15.1 Å². The van der Waals surface area contributed by atoms with Gasteiger partial charge in [0.05, 0.1) is 0 Å². The van der Waals surface area contributed by atoms with Crippen molar-refractivity contribution in [3.63, 3.8) is 0 Å². The second-order valence-corrected chi connectivity index (χ2v) is 7.53. The fraction of sp³-hybridized carbons (Fsp3) is 0.273. The van der Waals surface area contributed by atoms with Gasteiger partial charge < -0.3 is 24.8 Å². The second kappa shape index (κ2) is 11.4. The van der Waals surface area contributed by atoms with Gasteiger partial charge in [-0.05, 0) is 32.3 Å². The van der Waals surface area contributed by atoms with Crippen LogP contribution in [0.3, 0.4) is 0 Å². The zero-order chi connectivity index (χ0) is 16.4. The Bertz CT molecular complexity index is 810. The first-order valence-electron chi connectivity index (χ1n) is 8.40. The quantitative estimate of drug-likeness (QED) is 0.333. The van der Waals surface area contributed by atoms with Gasteiger partial charge in [0, 0.05) is 9.52 Å². The molecule has 0 bridgehead atoms. The van der Waals surface area contributed by atoms with Crippen molar-refractivity contribution in [2.24, 2.45) is 0 Å². The summed E-state index contributed by atoms with van der Waals surface area (Å²) in [5.74, 6) is 0. The predicted octanol–water partition coefficient (Wildman–Crippen LogP) is -0.294. The van der Waals surface area contributed by atoms with E-state index in [1.165, 1.54) is 44.5 Å². The Morgan fingerprint density at radius 2 is 1.58 bits per heavy atom. The summed E-state index contributed by atoms with van der Waals surface area (Å²) in [6.07, 6.45) is 4.40. The van der Waals surface area contributed by atoms with Crippen molar-refractivity contribution < 1.29 is 51.0 Å². The summed E-state index contributed by atoms with van der Waals surface area (Å²) in [5.41, 5.74) is 11.1. The smallest absolute Gasteiger partial charge is 1.00 e. The van der Waals surface area contributed by atoms with E-state index in [0.29, 0.717) is 0 Å². The molecule has 2 radical (unpaired) electrons. The minimum atomic E-state index is 0. The molecule has 0 N–H and O–H groups in total. The molecular weight excluding hydrogens is 454 g/mol. The molecule has 4 rings (SSSR count). The van der Waals surface area contributed by atoms with Crippen LogP contribution in [-0.2, 0) is 32.6 Å². The maximum absolute atomic E-state index is 3.67. The fourth-order valence-corrected chi connectivity index (χ4v) is 3.35. The Morgan fingerprint density at radius 3 is 2.19 bits per heavy atom. The molecule has 4 heteroatoms. The van der Waals surface area contributed by atoms with E-state index in [4.69, 9.17) is 0 Å². The van der Waals surface area contributed by atoms with E-state index in [9.17, 15) is 0 Å². The van der Waals surface area contributed by atoms with Crippen LogP contribution in [-0.4, -0.2) is 9.52 Å². The van der Waals surface area contributed by atoms with Crippen LogP contribution in [0.15, 0.2) is 53.6 Å². The molecule has 0 saturated heterocycles. The Morgan fingerprint density at radius 1 is 0.923 bits per heavy atom.